The Morgan fingerprint density at radius 2 is 1.88 bits per heavy atom. The van der Waals surface area contributed by atoms with Gasteiger partial charge in [0.05, 0.1) is 10.6 Å². The van der Waals surface area contributed by atoms with Crippen LogP contribution in [0, 0.1) is 14.9 Å². The maximum atomic E-state index is 8.78. The van der Waals surface area contributed by atoms with Gasteiger partial charge in [-0.15, -0.1) is 0 Å². The summed E-state index contributed by atoms with van der Waals surface area (Å²) in [7, 11) is 0. The van der Waals surface area contributed by atoms with Gasteiger partial charge in [0, 0.05) is 14.9 Å². The smallest absolute Gasteiger partial charge is 0.101 e. The van der Waals surface area contributed by atoms with E-state index in [1.54, 1.807) is 12.1 Å². The van der Waals surface area contributed by atoms with Gasteiger partial charge in [-0.25, -0.2) is 0 Å². The summed E-state index contributed by atoms with van der Waals surface area (Å²) in [6.07, 6.45) is 0. The van der Waals surface area contributed by atoms with Crippen molar-refractivity contribution in [2.75, 3.05) is 5.32 Å². The van der Waals surface area contributed by atoms with Gasteiger partial charge in [-0.2, -0.15) is 5.26 Å². The van der Waals surface area contributed by atoms with Crippen molar-refractivity contribution >= 4 is 45.6 Å². The number of halogens is 2. The van der Waals surface area contributed by atoms with Gasteiger partial charge in [-0.1, -0.05) is 17.7 Å². The summed E-state index contributed by atoms with van der Waals surface area (Å²) in [6, 6.07) is 15.4. The minimum atomic E-state index is 0.461. The number of rotatable bonds is 2. The summed E-state index contributed by atoms with van der Waals surface area (Å²) in [5, 5.41) is 12.5. The molecule has 2 aromatic rings. The zero-order valence-electron chi connectivity index (χ0n) is 8.74. The largest absolute Gasteiger partial charge is 0.355 e. The average molecular weight is 355 g/mol. The molecule has 84 valence electrons. The van der Waals surface area contributed by atoms with Crippen LogP contribution in [0.5, 0.6) is 0 Å². The standard InChI is InChI=1S/C13H8ClIN2/c14-13-7-12(5-4-9(13)8-16)17-11-3-1-2-10(15)6-11/h1-7,17H. The SMILES string of the molecule is N#Cc1ccc(Nc2cccc(I)c2)cc1Cl. The Kier molecular flexibility index (Phi) is 3.87. The van der Waals surface area contributed by atoms with E-state index in [9.17, 15) is 0 Å². The number of hydrogen-bond acceptors (Lipinski definition) is 2. The zero-order chi connectivity index (χ0) is 12.3. The third-order valence-electron chi connectivity index (χ3n) is 2.20. The van der Waals surface area contributed by atoms with E-state index in [4.69, 9.17) is 16.9 Å². The molecule has 0 saturated heterocycles. The van der Waals surface area contributed by atoms with Crippen molar-refractivity contribution < 1.29 is 0 Å². The van der Waals surface area contributed by atoms with Gasteiger partial charge in [0.25, 0.3) is 0 Å². The molecule has 0 spiro atoms. The van der Waals surface area contributed by atoms with Crippen molar-refractivity contribution in [1.82, 2.24) is 0 Å². The molecule has 0 fully saturated rings. The van der Waals surface area contributed by atoms with Crippen LogP contribution in [-0.2, 0) is 0 Å². The molecular weight excluding hydrogens is 347 g/mol. The predicted octanol–water partition coefficient (Wildman–Crippen LogP) is 4.56. The maximum absolute atomic E-state index is 8.78. The predicted molar refractivity (Wildman–Crippen MR) is 78.6 cm³/mol. The lowest BCUT2D eigenvalue weighted by Crippen LogP contribution is -1.91. The molecule has 2 nitrogen and oxygen atoms in total. The highest BCUT2D eigenvalue weighted by Crippen LogP contribution is 2.23. The molecule has 1 N–H and O–H groups in total. The molecule has 0 aromatic heterocycles. The van der Waals surface area contributed by atoms with Gasteiger partial charge in [0.2, 0.25) is 0 Å². The molecule has 0 aliphatic rings. The molecule has 0 heterocycles. The lowest BCUT2D eigenvalue weighted by molar-refractivity contribution is 1.47. The highest BCUT2D eigenvalue weighted by molar-refractivity contribution is 14.1. The molecule has 0 unspecified atom stereocenters. The van der Waals surface area contributed by atoms with Gasteiger partial charge in [-0.3, -0.25) is 0 Å². The molecule has 2 rings (SSSR count). The second-order valence-electron chi connectivity index (χ2n) is 3.44. The monoisotopic (exact) mass is 354 g/mol. The molecule has 17 heavy (non-hydrogen) atoms. The summed E-state index contributed by atoms with van der Waals surface area (Å²) in [4.78, 5) is 0. The minimum Gasteiger partial charge on any atom is -0.355 e. The number of anilines is 2. The first kappa shape index (κ1) is 12.2. The highest BCUT2D eigenvalue weighted by atomic mass is 127. The number of hydrogen-bond donors (Lipinski definition) is 1. The third kappa shape index (κ3) is 3.11. The first-order chi connectivity index (χ1) is 8.19. The molecule has 2 aromatic carbocycles. The summed E-state index contributed by atoms with van der Waals surface area (Å²) in [5.74, 6) is 0. The Balaban J connectivity index is 2.25. The Morgan fingerprint density at radius 3 is 2.53 bits per heavy atom. The van der Waals surface area contributed by atoms with Crippen molar-refractivity contribution in [1.29, 1.82) is 5.26 Å². The molecule has 0 bridgehead atoms. The minimum absolute atomic E-state index is 0.461. The summed E-state index contributed by atoms with van der Waals surface area (Å²) < 4.78 is 1.16. The molecule has 0 aliphatic heterocycles. The van der Waals surface area contributed by atoms with Crippen molar-refractivity contribution in [3.63, 3.8) is 0 Å². The van der Waals surface area contributed by atoms with E-state index >= 15 is 0 Å². The normalized spacial score (nSPS) is 9.71. The maximum Gasteiger partial charge on any atom is 0.101 e. The molecule has 0 aliphatic carbocycles. The Morgan fingerprint density at radius 1 is 1.12 bits per heavy atom. The van der Waals surface area contributed by atoms with Crippen molar-refractivity contribution in [2.45, 2.75) is 0 Å². The van der Waals surface area contributed by atoms with Gasteiger partial charge in [-0.05, 0) is 59.0 Å². The zero-order valence-corrected chi connectivity index (χ0v) is 11.7. The van der Waals surface area contributed by atoms with E-state index in [1.165, 1.54) is 0 Å². The fourth-order valence-corrected chi connectivity index (χ4v) is 2.18. The van der Waals surface area contributed by atoms with Gasteiger partial charge in [0.15, 0.2) is 0 Å². The van der Waals surface area contributed by atoms with Crippen LogP contribution in [0.4, 0.5) is 11.4 Å². The second-order valence-corrected chi connectivity index (χ2v) is 5.09. The topological polar surface area (TPSA) is 35.8 Å². The summed E-state index contributed by atoms with van der Waals surface area (Å²) >= 11 is 8.22. The van der Waals surface area contributed by atoms with Crippen LogP contribution in [0.2, 0.25) is 5.02 Å². The van der Waals surface area contributed by atoms with Crippen LogP contribution in [0.15, 0.2) is 42.5 Å². The van der Waals surface area contributed by atoms with E-state index in [1.807, 2.05) is 36.4 Å². The molecule has 0 amide bonds. The van der Waals surface area contributed by atoms with E-state index < -0.39 is 0 Å². The van der Waals surface area contributed by atoms with E-state index in [-0.39, 0.29) is 0 Å². The van der Waals surface area contributed by atoms with Crippen LogP contribution in [0.25, 0.3) is 0 Å². The lowest BCUT2D eigenvalue weighted by Gasteiger charge is -2.07. The first-order valence-electron chi connectivity index (χ1n) is 4.91. The van der Waals surface area contributed by atoms with E-state index in [2.05, 4.69) is 27.9 Å². The summed E-state index contributed by atoms with van der Waals surface area (Å²) in [5.41, 5.74) is 2.36. The third-order valence-corrected chi connectivity index (χ3v) is 3.19. The number of nitrogens with zero attached hydrogens (tertiary/aromatic N) is 1. The molecule has 0 radical (unpaired) electrons. The Labute approximate surface area is 118 Å². The van der Waals surface area contributed by atoms with Crippen LogP contribution < -0.4 is 5.32 Å². The first-order valence-corrected chi connectivity index (χ1v) is 6.37. The number of benzene rings is 2. The molecule has 0 saturated carbocycles. The van der Waals surface area contributed by atoms with Crippen LogP contribution >= 0.6 is 34.2 Å². The number of nitrogens with one attached hydrogen (secondary N) is 1. The second kappa shape index (κ2) is 5.39. The van der Waals surface area contributed by atoms with Gasteiger partial charge >= 0.3 is 0 Å². The van der Waals surface area contributed by atoms with Crippen LogP contribution in [-0.4, -0.2) is 0 Å². The van der Waals surface area contributed by atoms with Gasteiger partial charge < -0.3 is 5.32 Å². The summed E-state index contributed by atoms with van der Waals surface area (Å²) in [6.45, 7) is 0. The van der Waals surface area contributed by atoms with Crippen molar-refractivity contribution in [3.05, 3.63) is 56.6 Å². The van der Waals surface area contributed by atoms with Crippen molar-refractivity contribution in [2.24, 2.45) is 0 Å². The average Bonchev–Trinajstić information content (AvgIpc) is 2.29. The van der Waals surface area contributed by atoms with E-state index in [0.717, 1.165) is 14.9 Å². The Bertz CT molecular complexity index is 590. The van der Waals surface area contributed by atoms with E-state index in [0.29, 0.717) is 10.6 Å². The Hall–Kier alpha value is -1.25. The lowest BCUT2D eigenvalue weighted by atomic mass is 10.2. The van der Waals surface area contributed by atoms with Crippen LogP contribution in [0.1, 0.15) is 5.56 Å². The van der Waals surface area contributed by atoms with Crippen LogP contribution in [0.3, 0.4) is 0 Å². The fourth-order valence-electron chi connectivity index (χ4n) is 1.42. The quantitative estimate of drug-likeness (QED) is 0.803. The van der Waals surface area contributed by atoms with Gasteiger partial charge in [0.1, 0.15) is 6.07 Å². The fraction of sp³-hybridized carbons (Fsp3) is 0. The number of nitriles is 1. The molecular formula is C13H8ClIN2. The molecule has 4 heteroatoms. The van der Waals surface area contributed by atoms with Crippen molar-refractivity contribution in [3.8, 4) is 6.07 Å². The molecule has 0 atom stereocenters. The highest BCUT2D eigenvalue weighted by Gasteiger charge is 2.01.